The number of likely N-dealkylation sites (tertiary alicyclic amines) is 1. The molecule has 0 radical (unpaired) electrons. The van der Waals surface area contributed by atoms with E-state index in [2.05, 4.69) is 68.3 Å². The van der Waals surface area contributed by atoms with Gasteiger partial charge in [-0.2, -0.15) is 4.98 Å². The molecule has 3 atom stereocenters. The summed E-state index contributed by atoms with van der Waals surface area (Å²) in [6, 6.07) is 20.8. The number of fused-ring (bicyclic) bond motifs is 2. The molecule has 17 nitrogen and oxygen atoms in total. The summed E-state index contributed by atoms with van der Waals surface area (Å²) in [6.07, 6.45) is 12.1. The highest BCUT2D eigenvalue weighted by atomic mass is 32.2. The highest BCUT2D eigenvalue weighted by Crippen LogP contribution is 2.54. The van der Waals surface area contributed by atoms with E-state index in [-0.39, 0.29) is 64.4 Å². The summed E-state index contributed by atoms with van der Waals surface area (Å²) < 4.78 is 49.4. The van der Waals surface area contributed by atoms with Gasteiger partial charge in [0.2, 0.25) is 0 Å². The van der Waals surface area contributed by atoms with Gasteiger partial charge in [0.25, 0.3) is 27.5 Å². The molecule has 5 aromatic rings. The van der Waals surface area contributed by atoms with Gasteiger partial charge in [-0.25, -0.2) is 13.1 Å². The van der Waals surface area contributed by atoms with E-state index in [0.717, 1.165) is 62.6 Å². The fourth-order valence-corrected chi connectivity index (χ4v) is 13.3. The zero-order valence-electron chi connectivity index (χ0n) is 41.3. The summed E-state index contributed by atoms with van der Waals surface area (Å²) in [4.78, 5) is 38.7. The van der Waals surface area contributed by atoms with E-state index in [1.165, 1.54) is 42.9 Å². The van der Waals surface area contributed by atoms with Crippen LogP contribution >= 0.6 is 0 Å². The van der Waals surface area contributed by atoms with Crippen LogP contribution in [0.25, 0.3) is 11.0 Å². The summed E-state index contributed by atoms with van der Waals surface area (Å²) in [5, 5.41) is 30.3. The molecule has 2 saturated carbocycles. The van der Waals surface area contributed by atoms with Crippen LogP contribution in [-0.2, 0) is 10.0 Å². The van der Waals surface area contributed by atoms with Crippen LogP contribution in [0, 0.1) is 21.4 Å². The minimum atomic E-state index is -4.71. The number of anilines is 2. The van der Waals surface area contributed by atoms with Crippen molar-refractivity contribution in [3.63, 3.8) is 0 Å². The van der Waals surface area contributed by atoms with Crippen molar-refractivity contribution in [2.45, 2.75) is 132 Å². The van der Waals surface area contributed by atoms with Crippen molar-refractivity contribution in [1.29, 1.82) is 0 Å². The topological polar surface area (TPSA) is 214 Å². The van der Waals surface area contributed by atoms with Crippen LogP contribution in [0.4, 0.5) is 17.1 Å². The molecule has 4 aliphatic heterocycles. The first-order valence-corrected chi connectivity index (χ1v) is 27.4. The maximum atomic E-state index is 14.4. The molecular weight excluding hydrogens is 937 g/mol. The average Bonchev–Trinajstić information content (AvgIpc) is 4.02. The summed E-state index contributed by atoms with van der Waals surface area (Å²) in [6.45, 7) is 10.5. The number of rotatable bonds is 14. The Morgan fingerprint density at radius 2 is 1.78 bits per heavy atom. The standard InChI is InChI=1S/C54H66N8O9S/c1-33(2)40-7-4-5-8-41(40)44-9-6-22-61(44)38-29-54(30-38)18-23-60(24-19-54)37-10-11-42(46(26-37)71-48-25-35-14-20-56-50(35)58-52(48)70-31-36-15-21-55-36)51(63)59-72(67,68)39-27-45(62(65)66)49-47(28-39)69-32-43(57-49)34-12-16-53(3,64)17-13-34/h4-5,7-8,10-11,14,20,25-28,33-34,36,38,43-44,55,57,64H,6,9,12-13,15-19,21-24,29-32H2,1-3H3,(H,56,58)(H,59,63)/t34?,36-,43-,44-,53?/m1/s1. The number of H-pyrrole nitrogens is 1. The number of nitrogens with zero attached hydrogens (tertiary/aromatic N) is 4. The van der Waals surface area contributed by atoms with Gasteiger partial charge in [0, 0.05) is 66.7 Å². The number of amides is 1. The van der Waals surface area contributed by atoms with Crippen LogP contribution in [-0.4, -0.2) is 102 Å². The zero-order chi connectivity index (χ0) is 49.9. The van der Waals surface area contributed by atoms with Crippen LogP contribution in [0.15, 0.2) is 77.8 Å². The third-order valence-electron chi connectivity index (χ3n) is 16.7. The molecule has 382 valence electrons. The Bertz CT molecular complexity index is 2970. The molecule has 2 aromatic heterocycles. The van der Waals surface area contributed by atoms with Crippen LogP contribution < -0.4 is 34.5 Å². The fourth-order valence-electron chi connectivity index (χ4n) is 12.3. The van der Waals surface area contributed by atoms with Gasteiger partial charge in [-0.3, -0.25) is 19.8 Å². The first-order chi connectivity index (χ1) is 34.6. The number of aliphatic hydroxyl groups is 1. The van der Waals surface area contributed by atoms with E-state index >= 15 is 0 Å². The first-order valence-electron chi connectivity index (χ1n) is 25.9. The molecule has 5 fully saturated rings. The average molecular weight is 1000 g/mol. The molecule has 1 amide bonds. The third kappa shape index (κ3) is 9.58. The lowest BCUT2D eigenvalue weighted by Crippen LogP contribution is -2.54. The number of piperidine rings is 1. The van der Waals surface area contributed by atoms with Crippen molar-refractivity contribution >= 4 is 44.0 Å². The summed E-state index contributed by atoms with van der Waals surface area (Å²) in [7, 11) is -4.71. The van der Waals surface area contributed by atoms with Crippen LogP contribution in [0.1, 0.15) is 125 Å². The summed E-state index contributed by atoms with van der Waals surface area (Å²) in [5.74, 6) is 0.133. The number of ether oxygens (including phenoxy) is 3. The number of sulfonamides is 1. The van der Waals surface area contributed by atoms with E-state index in [9.17, 15) is 28.4 Å². The number of aromatic amines is 1. The van der Waals surface area contributed by atoms with E-state index in [1.54, 1.807) is 24.4 Å². The second kappa shape index (κ2) is 19.1. The zero-order valence-corrected chi connectivity index (χ0v) is 42.1. The van der Waals surface area contributed by atoms with Gasteiger partial charge in [-0.15, -0.1) is 0 Å². The fraction of sp³-hybridized carbons (Fsp3) is 0.519. The van der Waals surface area contributed by atoms with Crippen LogP contribution in [0.3, 0.4) is 0 Å². The maximum Gasteiger partial charge on any atom is 0.297 e. The largest absolute Gasteiger partial charge is 0.489 e. The Morgan fingerprint density at radius 1 is 1.00 bits per heavy atom. The minimum absolute atomic E-state index is 0.00452. The number of pyridine rings is 1. The van der Waals surface area contributed by atoms with Crippen molar-refractivity contribution in [2.24, 2.45) is 11.3 Å². The van der Waals surface area contributed by atoms with Crippen LogP contribution in [0.2, 0.25) is 0 Å². The van der Waals surface area contributed by atoms with Gasteiger partial charge < -0.3 is 39.8 Å². The van der Waals surface area contributed by atoms with Gasteiger partial charge >= 0.3 is 0 Å². The molecule has 6 aliphatic rings. The molecule has 3 saturated heterocycles. The van der Waals surface area contributed by atoms with Gasteiger partial charge in [0.1, 0.15) is 24.6 Å². The Kier molecular flexibility index (Phi) is 12.9. The quantitative estimate of drug-likeness (QED) is 0.0519. The van der Waals surface area contributed by atoms with Gasteiger partial charge in [-0.05, 0) is 143 Å². The molecule has 0 unspecified atom stereocenters. The van der Waals surface area contributed by atoms with E-state index in [4.69, 9.17) is 19.2 Å². The lowest BCUT2D eigenvalue weighted by atomic mass is 9.59. The van der Waals surface area contributed by atoms with Gasteiger partial charge in [0.15, 0.2) is 17.2 Å². The molecule has 18 heteroatoms. The number of nitro groups is 1. The number of hydrogen-bond acceptors (Lipinski definition) is 14. The second-order valence-electron chi connectivity index (χ2n) is 21.9. The SMILES string of the molecule is CC(C)c1ccccc1[C@H]1CCCN1C1CC2(CCN(c3ccc(C(=O)NS(=O)(=O)c4cc5c(c([N+](=O)[O-])c4)N[C@@H](C4CCC(C)(O)CC4)CO5)c(Oc4cc5cc[nH]c5nc4OC[C@H]4CCN4)c3)CC2)C1. The van der Waals surface area contributed by atoms with Crippen molar-refractivity contribution in [3.05, 3.63) is 99.7 Å². The Hall–Kier alpha value is -5.95. The third-order valence-corrected chi connectivity index (χ3v) is 18.0. The van der Waals surface area contributed by atoms with Gasteiger partial charge in [0.05, 0.1) is 27.0 Å². The number of hydrogen-bond donors (Lipinski definition) is 5. The lowest BCUT2D eigenvalue weighted by Gasteiger charge is -2.56. The Labute approximate surface area is 420 Å². The number of benzene rings is 3. The number of carbonyl (C=O) groups is 1. The Balaban J connectivity index is 0.838. The van der Waals surface area contributed by atoms with Crippen LogP contribution in [0.5, 0.6) is 23.1 Å². The molecule has 5 N–H and O–H groups in total. The number of aromatic nitrogens is 2. The summed E-state index contributed by atoms with van der Waals surface area (Å²) >= 11 is 0. The second-order valence-corrected chi connectivity index (χ2v) is 23.6. The normalized spacial score (nSPS) is 25.3. The number of nitrogens with one attached hydrogen (secondary N) is 4. The molecule has 72 heavy (non-hydrogen) atoms. The smallest absolute Gasteiger partial charge is 0.297 e. The molecule has 6 heterocycles. The number of nitro benzene ring substituents is 1. The molecule has 1 spiro atoms. The number of carbonyl (C=O) groups excluding carboxylic acids is 1. The van der Waals surface area contributed by atoms with Crippen molar-refractivity contribution in [1.82, 2.24) is 24.9 Å². The molecule has 2 aliphatic carbocycles. The highest BCUT2D eigenvalue weighted by Gasteiger charge is 2.50. The maximum absolute atomic E-state index is 14.4. The van der Waals surface area contributed by atoms with E-state index in [1.807, 2.05) is 19.1 Å². The van der Waals surface area contributed by atoms with Crippen molar-refractivity contribution < 1.29 is 37.5 Å². The molecule has 0 bridgehead atoms. The minimum Gasteiger partial charge on any atom is -0.489 e. The molecule has 11 rings (SSSR count). The highest BCUT2D eigenvalue weighted by molar-refractivity contribution is 7.90. The predicted molar refractivity (Wildman–Crippen MR) is 274 cm³/mol. The summed E-state index contributed by atoms with van der Waals surface area (Å²) in [5.41, 5.74) is 3.38. The van der Waals surface area contributed by atoms with Crippen molar-refractivity contribution in [3.8, 4) is 23.1 Å². The molecular formula is C54H66N8O9S. The van der Waals surface area contributed by atoms with Gasteiger partial charge in [-0.1, -0.05) is 38.1 Å². The molecule has 3 aromatic carbocycles. The van der Waals surface area contributed by atoms with E-state index < -0.39 is 37.0 Å². The predicted octanol–water partition coefficient (Wildman–Crippen LogP) is 8.95. The van der Waals surface area contributed by atoms with Crippen molar-refractivity contribution in [2.75, 3.05) is 49.6 Å². The first kappa shape index (κ1) is 48.3. The van der Waals surface area contributed by atoms with E-state index in [0.29, 0.717) is 55.9 Å². The Morgan fingerprint density at radius 3 is 2.51 bits per heavy atom. The monoisotopic (exact) mass is 1000 g/mol. The lowest BCUT2D eigenvalue weighted by molar-refractivity contribution is -0.384.